The van der Waals surface area contributed by atoms with Gasteiger partial charge in [-0.25, -0.2) is 0 Å². The number of hydrogen-bond acceptors (Lipinski definition) is 3. The molecule has 0 spiro atoms. The van der Waals surface area contributed by atoms with Gasteiger partial charge in [-0.15, -0.1) is 0 Å². The number of nitro benzene ring substituents is 1. The summed E-state index contributed by atoms with van der Waals surface area (Å²) in [6.45, 7) is 5.03. The number of nitrogens with one attached hydrogen (secondary N) is 1. The van der Waals surface area contributed by atoms with E-state index in [2.05, 4.69) is 19.2 Å². The summed E-state index contributed by atoms with van der Waals surface area (Å²) in [4.78, 5) is 9.87. The molecule has 2 rings (SSSR count). The zero-order chi connectivity index (χ0) is 14.7. The Kier molecular flexibility index (Phi) is 4.70. The highest BCUT2D eigenvalue weighted by atomic mass is 19.1. The largest absolute Gasteiger partial charge is 0.310 e. The summed E-state index contributed by atoms with van der Waals surface area (Å²) in [5.41, 5.74) is 0.286. The van der Waals surface area contributed by atoms with Crippen molar-refractivity contribution in [2.75, 3.05) is 0 Å². The summed E-state index contributed by atoms with van der Waals surface area (Å²) in [6.07, 6.45) is 3.59. The third kappa shape index (κ3) is 3.15. The van der Waals surface area contributed by atoms with Crippen molar-refractivity contribution in [3.05, 3.63) is 39.7 Å². The van der Waals surface area contributed by atoms with Crippen LogP contribution < -0.4 is 5.32 Å². The molecule has 1 aliphatic rings. The molecular formula is C15H21FN2O2. The van der Waals surface area contributed by atoms with Gasteiger partial charge in [-0.2, -0.15) is 4.39 Å². The van der Waals surface area contributed by atoms with Crippen molar-refractivity contribution in [3.8, 4) is 0 Å². The lowest BCUT2D eigenvalue weighted by Gasteiger charge is -2.21. The van der Waals surface area contributed by atoms with Gasteiger partial charge >= 0.3 is 5.69 Å². The molecule has 0 heterocycles. The normalized spacial score (nSPS) is 25.9. The topological polar surface area (TPSA) is 55.2 Å². The average molecular weight is 280 g/mol. The van der Waals surface area contributed by atoms with Gasteiger partial charge in [0.1, 0.15) is 0 Å². The van der Waals surface area contributed by atoms with Gasteiger partial charge in [0.05, 0.1) is 4.92 Å². The third-order valence-electron chi connectivity index (χ3n) is 4.53. The van der Waals surface area contributed by atoms with Gasteiger partial charge in [-0.1, -0.05) is 26.3 Å². The average Bonchev–Trinajstić information content (AvgIpc) is 2.76. The van der Waals surface area contributed by atoms with Crippen LogP contribution in [0.15, 0.2) is 18.2 Å². The van der Waals surface area contributed by atoms with Gasteiger partial charge in [0.15, 0.2) is 0 Å². The van der Waals surface area contributed by atoms with Crippen LogP contribution in [0.3, 0.4) is 0 Å². The van der Waals surface area contributed by atoms with E-state index in [-0.39, 0.29) is 0 Å². The van der Waals surface area contributed by atoms with Crippen LogP contribution in [0.2, 0.25) is 0 Å². The molecule has 1 fully saturated rings. The molecule has 1 aromatic rings. The summed E-state index contributed by atoms with van der Waals surface area (Å²) in [5.74, 6) is 0.629. The summed E-state index contributed by atoms with van der Waals surface area (Å²) in [6, 6.07) is 4.56. The molecule has 0 aromatic heterocycles. The van der Waals surface area contributed by atoms with Crippen molar-refractivity contribution < 1.29 is 9.31 Å². The Morgan fingerprint density at radius 3 is 2.75 bits per heavy atom. The molecule has 5 heteroatoms. The molecule has 0 radical (unpaired) electrons. The Morgan fingerprint density at radius 1 is 1.45 bits per heavy atom. The summed E-state index contributed by atoms with van der Waals surface area (Å²) in [5, 5.41) is 14.0. The number of rotatable bonds is 5. The van der Waals surface area contributed by atoms with Crippen LogP contribution in [0.4, 0.5) is 10.1 Å². The molecule has 20 heavy (non-hydrogen) atoms. The molecule has 0 amide bonds. The summed E-state index contributed by atoms with van der Waals surface area (Å²) >= 11 is 0. The fraction of sp³-hybridized carbons (Fsp3) is 0.600. The van der Waals surface area contributed by atoms with Crippen LogP contribution in [-0.2, 0) is 6.54 Å². The van der Waals surface area contributed by atoms with Crippen LogP contribution in [0.1, 0.15) is 38.7 Å². The van der Waals surface area contributed by atoms with Crippen LogP contribution in [0.5, 0.6) is 0 Å². The summed E-state index contributed by atoms with van der Waals surface area (Å²) in [7, 11) is 0. The third-order valence-corrected chi connectivity index (χ3v) is 4.53. The van der Waals surface area contributed by atoms with Crippen molar-refractivity contribution in [2.24, 2.45) is 11.8 Å². The second kappa shape index (κ2) is 6.31. The molecule has 3 atom stereocenters. The quantitative estimate of drug-likeness (QED) is 0.661. The van der Waals surface area contributed by atoms with Crippen molar-refractivity contribution in [1.82, 2.24) is 5.32 Å². The first-order valence-corrected chi connectivity index (χ1v) is 7.19. The molecule has 110 valence electrons. The molecule has 1 N–H and O–H groups in total. The Hall–Kier alpha value is -1.49. The molecule has 0 aliphatic heterocycles. The van der Waals surface area contributed by atoms with E-state index in [0.29, 0.717) is 18.5 Å². The highest BCUT2D eigenvalue weighted by Crippen LogP contribution is 2.34. The highest BCUT2D eigenvalue weighted by Gasteiger charge is 2.30. The Labute approximate surface area is 118 Å². The van der Waals surface area contributed by atoms with E-state index in [1.54, 1.807) is 6.07 Å². The fourth-order valence-electron chi connectivity index (χ4n) is 3.17. The zero-order valence-electron chi connectivity index (χ0n) is 11.9. The smallest absolute Gasteiger partial charge is 0.304 e. The van der Waals surface area contributed by atoms with Crippen LogP contribution in [0.25, 0.3) is 0 Å². The van der Waals surface area contributed by atoms with E-state index < -0.39 is 16.4 Å². The van der Waals surface area contributed by atoms with E-state index in [9.17, 15) is 14.5 Å². The maximum Gasteiger partial charge on any atom is 0.304 e. The van der Waals surface area contributed by atoms with Gasteiger partial charge in [-0.3, -0.25) is 10.1 Å². The first-order chi connectivity index (χ1) is 9.52. The molecule has 1 aromatic carbocycles. The SMILES string of the molecule is CCC1CCC(NCc2ccc([N+](=O)[O-])c(F)c2)C1C. The van der Waals surface area contributed by atoms with Crippen molar-refractivity contribution in [1.29, 1.82) is 0 Å². The lowest BCUT2D eigenvalue weighted by Crippen LogP contribution is -2.32. The van der Waals surface area contributed by atoms with Gasteiger partial charge in [0.25, 0.3) is 0 Å². The van der Waals surface area contributed by atoms with Gasteiger partial charge in [0.2, 0.25) is 5.82 Å². The number of halogens is 1. The second-order valence-corrected chi connectivity index (χ2v) is 5.64. The lowest BCUT2D eigenvalue weighted by molar-refractivity contribution is -0.387. The molecule has 0 bridgehead atoms. The molecule has 3 unspecified atom stereocenters. The van der Waals surface area contributed by atoms with Crippen LogP contribution >= 0.6 is 0 Å². The summed E-state index contributed by atoms with van der Waals surface area (Å²) < 4.78 is 13.5. The molecule has 1 saturated carbocycles. The molecule has 0 saturated heterocycles. The first-order valence-electron chi connectivity index (χ1n) is 7.19. The minimum absolute atomic E-state index is 0.457. The maximum absolute atomic E-state index is 13.5. The molecular weight excluding hydrogens is 259 g/mol. The zero-order valence-corrected chi connectivity index (χ0v) is 11.9. The van der Waals surface area contributed by atoms with E-state index in [1.165, 1.54) is 25.0 Å². The highest BCUT2D eigenvalue weighted by molar-refractivity contribution is 5.34. The van der Waals surface area contributed by atoms with E-state index >= 15 is 0 Å². The molecule has 1 aliphatic carbocycles. The van der Waals surface area contributed by atoms with Crippen LogP contribution in [0, 0.1) is 27.8 Å². The van der Waals surface area contributed by atoms with Gasteiger partial charge in [-0.05, 0) is 36.3 Å². The predicted molar refractivity (Wildman–Crippen MR) is 75.9 cm³/mol. The van der Waals surface area contributed by atoms with Crippen LogP contribution in [-0.4, -0.2) is 11.0 Å². The van der Waals surface area contributed by atoms with E-state index in [4.69, 9.17) is 0 Å². The maximum atomic E-state index is 13.5. The monoisotopic (exact) mass is 280 g/mol. The standard InChI is InChI=1S/C15H21FN2O2/c1-3-12-5-6-14(10(12)2)17-9-11-4-7-15(18(19)20)13(16)8-11/h4,7-8,10,12,14,17H,3,5-6,9H2,1-2H3. The Morgan fingerprint density at radius 2 is 2.20 bits per heavy atom. The Bertz CT molecular complexity index is 493. The van der Waals surface area contributed by atoms with Crippen molar-refractivity contribution in [3.63, 3.8) is 0 Å². The number of nitrogens with zero attached hydrogens (tertiary/aromatic N) is 1. The minimum Gasteiger partial charge on any atom is -0.310 e. The van der Waals surface area contributed by atoms with Gasteiger partial charge in [0, 0.05) is 18.7 Å². The van der Waals surface area contributed by atoms with Gasteiger partial charge < -0.3 is 5.32 Å². The number of hydrogen-bond donors (Lipinski definition) is 1. The fourth-order valence-corrected chi connectivity index (χ4v) is 3.17. The van der Waals surface area contributed by atoms with E-state index in [1.807, 2.05) is 0 Å². The van der Waals surface area contributed by atoms with Crippen molar-refractivity contribution in [2.45, 2.75) is 45.7 Å². The number of nitro groups is 1. The minimum atomic E-state index is -0.764. The molecule has 4 nitrogen and oxygen atoms in total. The number of benzene rings is 1. The lowest BCUT2D eigenvalue weighted by atomic mass is 9.93. The van der Waals surface area contributed by atoms with Crippen molar-refractivity contribution >= 4 is 5.69 Å². The predicted octanol–water partition coefficient (Wildman–Crippen LogP) is 3.65. The Balaban J connectivity index is 1.95. The first kappa shape index (κ1) is 14.9. The second-order valence-electron chi connectivity index (χ2n) is 5.64. The van der Waals surface area contributed by atoms with E-state index in [0.717, 1.165) is 17.9 Å².